The van der Waals surface area contributed by atoms with Crippen molar-refractivity contribution in [1.29, 1.82) is 0 Å². The smallest absolute Gasteiger partial charge is 0.129 e. The Morgan fingerprint density at radius 1 is 0.857 bits per heavy atom. The minimum absolute atomic E-state index is 0.0785. The molecule has 2 atom stereocenters. The molecule has 0 saturated heterocycles. The van der Waals surface area contributed by atoms with Gasteiger partial charge in [0.2, 0.25) is 0 Å². The standard InChI is InChI=1S/C40H46N2/c1-4-12-31(13-5-1)14-10-15-32-22-24-33(25-23-32)16-11-17-34-26-28-36(29-27-34)39-30-38(35-18-6-2-7-19-35)41-40(42-39)37-20-8-3-9-21-37/h3-4,6,8,10,12-13,15,18-20,22,24,26,28-30,34,39H,1-2,5,7,9,11,14,16-17,21,23,25,27H2,(H,41,42). The minimum atomic E-state index is 0.0785. The number of rotatable bonds is 10. The summed E-state index contributed by atoms with van der Waals surface area (Å²) in [5.41, 5.74) is 9.71. The number of allylic oxidation sites excluding steroid dienone is 18. The maximum absolute atomic E-state index is 5.20. The highest BCUT2D eigenvalue weighted by Crippen LogP contribution is 2.31. The Hall–Kier alpha value is -3.65. The maximum atomic E-state index is 5.20. The summed E-state index contributed by atoms with van der Waals surface area (Å²) in [7, 11) is 0. The van der Waals surface area contributed by atoms with Crippen molar-refractivity contribution >= 4 is 5.84 Å². The fourth-order valence-corrected chi connectivity index (χ4v) is 6.57. The molecular weight excluding hydrogens is 508 g/mol. The predicted octanol–water partition coefficient (Wildman–Crippen LogP) is 10.3. The zero-order chi connectivity index (χ0) is 28.4. The molecule has 0 radical (unpaired) electrons. The highest BCUT2D eigenvalue weighted by Gasteiger charge is 2.23. The van der Waals surface area contributed by atoms with Crippen LogP contribution in [-0.2, 0) is 0 Å². The number of aliphatic imine (C=N–C) groups is 1. The Morgan fingerprint density at radius 3 is 2.52 bits per heavy atom. The molecule has 6 aliphatic rings. The average Bonchev–Trinajstić information content (AvgIpc) is 3.07. The molecule has 2 nitrogen and oxygen atoms in total. The third-order valence-electron chi connectivity index (χ3n) is 9.13. The van der Waals surface area contributed by atoms with E-state index in [0.29, 0.717) is 5.92 Å². The molecule has 0 fully saturated rings. The van der Waals surface area contributed by atoms with E-state index in [1.165, 1.54) is 78.5 Å². The Kier molecular flexibility index (Phi) is 9.83. The third kappa shape index (κ3) is 7.79. The Bertz CT molecular complexity index is 1420. The third-order valence-corrected chi connectivity index (χ3v) is 9.13. The van der Waals surface area contributed by atoms with Crippen LogP contribution in [0.5, 0.6) is 0 Å². The van der Waals surface area contributed by atoms with Gasteiger partial charge in [-0.15, -0.1) is 0 Å². The Balaban J connectivity index is 1.01. The van der Waals surface area contributed by atoms with Crippen molar-refractivity contribution in [3.63, 3.8) is 0 Å². The summed E-state index contributed by atoms with van der Waals surface area (Å²) in [6, 6.07) is 0.0785. The van der Waals surface area contributed by atoms with Gasteiger partial charge in [0.15, 0.2) is 0 Å². The molecule has 0 aromatic heterocycles. The number of hydrogen-bond acceptors (Lipinski definition) is 2. The predicted molar refractivity (Wildman–Crippen MR) is 180 cm³/mol. The molecule has 0 amide bonds. The first-order valence-corrected chi connectivity index (χ1v) is 16.4. The van der Waals surface area contributed by atoms with Gasteiger partial charge >= 0.3 is 0 Å². The fourth-order valence-electron chi connectivity index (χ4n) is 6.57. The molecule has 2 unspecified atom stereocenters. The highest BCUT2D eigenvalue weighted by molar-refractivity contribution is 6.01. The molecule has 6 rings (SSSR count). The van der Waals surface area contributed by atoms with E-state index in [0.717, 1.165) is 44.4 Å². The van der Waals surface area contributed by atoms with E-state index < -0.39 is 0 Å². The molecule has 0 aromatic rings. The van der Waals surface area contributed by atoms with Gasteiger partial charge < -0.3 is 5.32 Å². The molecule has 1 aliphatic heterocycles. The van der Waals surface area contributed by atoms with Crippen LogP contribution < -0.4 is 5.32 Å². The van der Waals surface area contributed by atoms with E-state index in [2.05, 4.69) is 109 Å². The minimum Gasteiger partial charge on any atom is -0.340 e. The Morgan fingerprint density at radius 2 is 1.79 bits per heavy atom. The highest BCUT2D eigenvalue weighted by atomic mass is 15.0. The van der Waals surface area contributed by atoms with E-state index in [1.54, 1.807) is 5.57 Å². The van der Waals surface area contributed by atoms with Crippen LogP contribution in [-0.4, -0.2) is 11.9 Å². The van der Waals surface area contributed by atoms with Crippen LogP contribution in [0.3, 0.4) is 0 Å². The maximum Gasteiger partial charge on any atom is 0.129 e. The van der Waals surface area contributed by atoms with Crippen molar-refractivity contribution in [1.82, 2.24) is 5.32 Å². The molecule has 216 valence electrons. The van der Waals surface area contributed by atoms with Crippen molar-refractivity contribution in [2.45, 2.75) is 89.5 Å². The van der Waals surface area contributed by atoms with E-state index in [4.69, 9.17) is 4.99 Å². The van der Waals surface area contributed by atoms with Gasteiger partial charge in [0.25, 0.3) is 0 Å². The summed E-state index contributed by atoms with van der Waals surface area (Å²) in [5.74, 6) is 1.68. The van der Waals surface area contributed by atoms with Gasteiger partial charge in [-0.3, -0.25) is 4.99 Å². The lowest BCUT2D eigenvalue weighted by Gasteiger charge is -2.27. The largest absolute Gasteiger partial charge is 0.340 e. The van der Waals surface area contributed by atoms with Gasteiger partial charge in [-0.25, -0.2) is 0 Å². The summed E-state index contributed by atoms with van der Waals surface area (Å²) >= 11 is 0. The molecule has 0 saturated carbocycles. The van der Waals surface area contributed by atoms with E-state index >= 15 is 0 Å². The second-order valence-corrected chi connectivity index (χ2v) is 12.3. The average molecular weight is 555 g/mol. The second-order valence-electron chi connectivity index (χ2n) is 12.3. The number of hydrogen-bond donors (Lipinski definition) is 1. The monoisotopic (exact) mass is 554 g/mol. The normalized spacial score (nSPS) is 25.5. The molecule has 42 heavy (non-hydrogen) atoms. The van der Waals surface area contributed by atoms with Crippen LogP contribution in [0.25, 0.3) is 0 Å². The first-order valence-electron chi connectivity index (χ1n) is 16.4. The lowest BCUT2D eigenvalue weighted by molar-refractivity contribution is 0.554. The summed E-state index contributed by atoms with van der Waals surface area (Å²) in [4.78, 5) is 5.20. The molecule has 5 aliphatic carbocycles. The number of nitrogens with zero attached hydrogens (tertiary/aromatic N) is 1. The van der Waals surface area contributed by atoms with Crippen molar-refractivity contribution in [2.75, 3.05) is 0 Å². The molecule has 0 aromatic carbocycles. The first-order chi connectivity index (χ1) is 20.8. The SMILES string of the molecule is C1=CCCC(C2=NC(C3=CCC(CCCC4=CC=C(C=CCC5=CCCC=C5)CC4)C=C3)C=C(C3=CCCC=C3)N2)=C1. The van der Waals surface area contributed by atoms with Crippen LogP contribution in [0.15, 0.2) is 147 Å². The lowest BCUT2D eigenvalue weighted by Crippen LogP contribution is -2.33. The quantitative estimate of drug-likeness (QED) is 0.285. The van der Waals surface area contributed by atoms with Gasteiger partial charge in [-0.1, -0.05) is 103 Å². The summed E-state index contributed by atoms with van der Waals surface area (Å²) in [6.07, 6.45) is 54.6. The van der Waals surface area contributed by atoms with Gasteiger partial charge in [0, 0.05) is 5.70 Å². The number of amidine groups is 1. The molecule has 1 heterocycles. The summed E-state index contributed by atoms with van der Waals surface area (Å²) in [6.45, 7) is 0. The van der Waals surface area contributed by atoms with Crippen molar-refractivity contribution in [2.24, 2.45) is 10.9 Å². The summed E-state index contributed by atoms with van der Waals surface area (Å²) < 4.78 is 0. The zero-order valence-electron chi connectivity index (χ0n) is 25.1. The molecule has 2 heteroatoms. The fraction of sp³-hybridized carbons (Fsp3) is 0.375. The van der Waals surface area contributed by atoms with E-state index in [1.807, 2.05) is 0 Å². The zero-order valence-corrected chi connectivity index (χ0v) is 25.1. The van der Waals surface area contributed by atoms with E-state index in [9.17, 15) is 0 Å². The molecule has 0 bridgehead atoms. The van der Waals surface area contributed by atoms with Crippen molar-refractivity contribution in [3.05, 3.63) is 142 Å². The van der Waals surface area contributed by atoms with Crippen molar-refractivity contribution in [3.8, 4) is 0 Å². The van der Waals surface area contributed by atoms with Gasteiger partial charge in [-0.2, -0.15) is 0 Å². The molecular formula is C40H46N2. The van der Waals surface area contributed by atoms with Gasteiger partial charge in [0.05, 0.1) is 6.04 Å². The van der Waals surface area contributed by atoms with Gasteiger partial charge in [-0.05, 0) is 123 Å². The lowest BCUT2D eigenvalue weighted by atomic mass is 9.87. The second kappa shape index (κ2) is 14.5. The molecule has 1 N–H and O–H groups in total. The van der Waals surface area contributed by atoms with Crippen LogP contribution in [0.1, 0.15) is 83.5 Å². The van der Waals surface area contributed by atoms with Crippen LogP contribution in [0, 0.1) is 5.92 Å². The first kappa shape index (κ1) is 28.5. The topological polar surface area (TPSA) is 24.4 Å². The molecule has 0 spiro atoms. The summed E-state index contributed by atoms with van der Waals surface area (Å²) in [5, 5.41) is 3.68. The van der Waals surface area contributed by atoms with Crippen molar-refractivity contribution < 1.29 is 0 Å². The Labute approximate surface area is 253 Å². The van der Waals surface area contributed by atoms with Crippen LogP contribution in [0.2, 0.25) is 0 Å². The van der Waals surface area contributed by atoms with Crippen LogP contribution in [0.4, 0.5) is 0 Å². The number of nitrogens with one attached hydrogen (secondary N) is 1. The van der Waals surface area contributed by atoms with Crippen LogP contribution >= 0.6 is 0 Å². The van der Waals surface area contributed by atoms with E-state index in [-0.39, 0.29) is 6.04 Å². The van der Waals surface area contributed by atoms with Gasteiger partial charge in [0.1, 0.15) is 5.84 Å².